The van der Waals surface area contributed by atoms with Crippen molar-refractivity contribution in [3.05, 3.63) is 39.9 Å². The topological polar surface area (TPSA) is 72.2 Å². The Balaban J connectivity index is 2.07. The summed E-state index contributed by atoms with van der Waals surface area (Å²) in [6.07, 6.45) is 6.24. The minimum Gasteiger partial charge on any atom is -0.349 e. The molecule has 1 aromatic carbocycles. The highest BCUT2D eigenvalue weighted by molar-refractivity contribution is 7.99. The molecular weight excluding hydrogens is 276 g/mol. The molecule has 1 amide bonds. The molecule has 6 heteroatoms. The van der Waals surface area contributed by atoms with Crippen molar-refractivity contribution in [3.8, 4) is 0 Å². The third kappa shape index (κ3) is 3.50. The highest BCUT2D eigenvalue weighted by Crippen LogP contribution is 2.27. The van der Waals surface area contributed by atoms with Crippen molar-refractivity contribution >= 4 is 23.4 Å². The van der Waals surface area contributed by atoms with E-state index in [4.69, 9.17) is 0 Å². The van der Waals surface area contributed by atoms with Crippen LogP contribution in [0.3, 0.4) is 0 Å². The fraction of sp³-hybridized carbons (Fsp3) is 0.500. The number of benzene rings is 1. The van der Waals surface area contributed by atoms with E-state index in [1.807, 2.05) is 11.8 Å². The van der Waals surface area contributed by atoms with Gasteiger partial charge in [-0.2, -0.15) is 11.8 Å². The number of nitrogens with zero attached hydrogens (tertiary/aromatic N) is 1. The molecule has 1 fully saturated rings. The van der Waals surface area contributed by atoms with E-state index >= 15 is 0 Å². The smallest absolute Gasteiger partial charge is 0.282 e. The number of carbonyl (C=O) groups is 1. The average Bonchev–Trinajstić information content (AvgIpc) is 2.47. The zero-order valence-electron chi connectivity index (χ0n) is 11.4. The normalized spacial score (nSPS) is 22.2. The van der Waals surface area contributed by atoms with Crippen molar-refractivity contribution in [2.24, 2.45) is 0 Å². The fourth-order valence-electron chi connectivity index (χ4n) is 2.58. The average molecular weight is 294 g/mol. The Bertz CT molecular complexity index is 507. The molecule has 0 bridgehead atoms. The molecule has 20 heavy (non-hydrogen) atoms. The predicted molar refractivity (Wildman–Crippen MR) is 80.1 cm³/mol. The Morgan fingerprint density at radius 1 is 1.40 bits per heavy atom. The van der Waals surface area contributed by atoms with E-state index in [0.29, 0.717) is 5.25 Å². The van der Waals surface area contributed by atoms with E-state index in [1.54, 1.807) is 12.1 Å². The zero-order valence-corrected chi connectivity index (χ0v) is 12.2. The largest absolute Gasteiger partial charge is 0.349 e. The lowest BCUT2D eigenvalue weighted by molar-refractivity contribution is -0.385. The second-order valence-electron chi connectivity index (χ2n) is 4.97. The lowest BCUT2D eigenvalue weighted by atomic mass is 9.94. The molecule has 1 N–H and O–H groups in total. The highest BCUT2D eigenvalue weighted by atomic mass is 32.2. The van der Waals surface area contributed by atoms with Gasteiger partial charge in [0.25, 0.3) is 11.6 Å². The molecule has 1 aliphatic carbocycles. The van der Waals surface area contributed by atoms with Crippen LogP contribution in [-0.2, 0) is 0 Å². The van der Waals surface area contributed by atoms with Crippen LogP contribution in [0.5, 0.6) is 0 Å². The van der Waals surface area contributed by atoms with Crippen molar-refractivity contribution in [1.82, 2.24) is 5.32 Å². The summed E-state index contributed by atoms with van der Waals surface area (Å²) in [5, 5.41) is 14.4. The molecule has 2 unspecified atom stereocenters. The van der Waals surface area contributed by atoms with E-state index in [2.05, 4.69) is 11.6 Å². The minimum absolute atomic E-state index is 0.119. The zero-order chi connectivity index (χ0) is 14.5. The van der Waals surface area contributed by atoms with E-state index in [9.17, 15) is 14.9 Å². The maximum absolute atomic E-state index is 12.2. The standard InChI is InChI=1S/C14H18N2O3S/c1-20-11-6-4-5-10(9-11)15-14(17)12-7-2-3-8-13(12)16(18)19/h2-3,7-8,10-11H,4-6,9H2,1H3,(H,15,17). The number of nitro groups is 1. The van der Waals surface area contributed by atoms with Gasteiger partial charge >= 0.3 is 0 Å². The van der Waals surface area contributed by atoms with E-state index in [-0.39, 0.29) is 23.2 Å². The number of rotatable bonds is 4. The maximum Gasteiger partial charge on any atom is 0.282 e. The molecule has 0 aliphatic heterocycles. The van der Waals surface area contributed by atoms with E-state index in [0.717, 1.165) is 19.3 Å². The summed E-state index contributed by atoms with van der Waals surface area (Å²) in [5.74, 6) is -0.343. The SMILES string of the molecule is CSC1CCCC(NC(=O)c2ccccc2[N+](=O)[O-])C1. The summed E-state index contributed by atoms with van der Waals surface area (Å²) in [6, 6.07) is 6.20. The lowest BCUT2D eigenvalue weighted by Crippen LogP contribution is -2.39. The molecule has 108 valence electrons. The molecule has 0 spiro atoms. The number of amides is 1. The van der Waals surface area contributed by atoms with Gasteiger partial charge in [-0.25, -0.2) is 0 Å². The lowest BCUT2D eigenvalue weighted by Gasteiger charge is -2.28. The molecule has 5 nitrogen and oxygen atoms in total. The number of nitro benzene ring substituents is 1. The van der Waals surface area contributed by atoms with Crippen LogP contribution in [0.4, 0.5) is 5.69 Å². The number of hydrogen-bond donors (Lipinski definition) is 1. The minimum atomic E-state index is -0.513. The van der Waals surface area contributed by atoms with Gasteiger partial charge in [-0.15, -0.1) is 0 Å². The highest BCUT2D eigenvalue weighted by Gasteiger charge is 2.25. The molecule has 0 heterocycles. The fourth-order valence-corrected chi connectivity index (χ4v) is 3.41. The molecule has 0 radical (unpaired) electrons. The van der Waals surface area contributed by atoms with Crippen LogP contribution in [0.1, 0.15) is 36.0 Å². The summed E-state index contributed by atoms with van der Waals surface area (Å²) in [6.45, 7) is 0. The maximum atomic E-state index is 12.2. The molecule has 0 saturated heterocycles. The van der Waals surface area contributed by atoms with Gasteiger partial charge in [-0.05, 0) is 31.6 Å². The molecule has 0 aromatic heterocycles. The van der Waals surface area contributed by atoms with Gasteiger partial charge in [0.1, 0.15) is 5.56 Å². The number of hydrogen-bond acceptors (Lipinski definition) is 4. The number of para-hydroxylation sites is 1. The molecule has 2 atom stereocenters. The quantitative estimate of drug-likeness (QED) is 0.684. The Morgan fingerprint density at radius 3 is 2.85 bits per heavy atom. The third-order valence-electron chi connectivity index (χ3n) is 3.64. The van der Waals surface area contributed by atoms with Crippen LogP contribution in [-0.4, -0.2) is 28.4 Å². The summed E-state index contributed by atoms with van der Waals surface area (Å²) < 4.78 is 0. The van der Waals surface area contributed by atoms with Gasteiger partial charge in [0, 0.05) is 17.4 Å². The molecule has 1 aliphatic rings. The van der Waals surface area contributed by atoms with Gasteiger partial charge in [-0.3, -0.25) is 14.9 Å². The van der Waals surface area contributed by atoms with E-state index in [1.165, 1.54) is 18.6 Å². The van der Waals surface area contributed by atoms with Crippen LogP contribution in [0, 0.1) is 10.1 Å². The first kappa shape index (κ1) is 14.8. The van der Waals surface area contributed by atoms with Gasteiger partial charge in [0.2, 0.25) is 0 Å². The first-order valence-corrected chi connectivity index (χ1v) is 7.97. The van der Waals surface area contributed by atoms with Crippen molar-refractivity contribution in [2.75, 3.05) is 6.26 Å². The summed E-state index contributed by atoms with van der Waals surface area (Å²) >= 11 is 1.82. The summed E-state index contributed by atoms with van der Waals surface area (Å²) in [7, 11) is 0. The first-order valence-electron chi connectivity index (χ1n) is 6.69. The Kier molecular flexibility index (Phi) is 5.00. The van der Waals surface area contributed by atoms with Crippen molar-refractivity contribution in [2.45, 2.75) is 37.0 Å². The number of nitrogens with one attached hydrogen (secondary N) is 1. The molecule has 1 saturated carbocycles. The van der Waals surface area contributed by atoms with Gasteiger partial charge in [-0.1, -0.05) is 18.6 Å². The predicted octanol–water partition coefficient (Wildman–Crippen LogP) is 3.00. The molecule has 1 aromatic rings. The van der Waals surface area contributed by atoms with Crippen LogP contribution in [0.25, 0.3) is 0 Å². The number of carbonyl (C=O) groups excluding carboxylic acids is 1. The van der Waals surface area contributed by atoms with E-state index < -0.39 is 4.92 Å². The monoisotopic (exact) mass is 294 g/mol. The molecule has 2 rings (SSSR count). The Labute approximate surface area is 122 Å². The van der Waals surface area contributed by atoms with Crippen molar-refractivity contribution in [3.63, 3.8) is 0 Å². The number of thioether (sulfide) groups is 1. The Morgan fingerprint density at radius 2 is 2.15 bits per heavy atom. The van der Waals surface area contributed by atoms with Gasteiger partial charge in [0.05, 0.1) is 4.92 Å². The van der Waals surface area contributed by atoms with Crippen LogP contribution >= 0.6 is 11.8 Å². The van der Waals surface area contributed by atoms with Gasteiger partial charge < -0.3 is 5.32 Å². The third-order valence-corrected chi connectivity index (χ3v) is 4.73. The summed E-state index contributed by atoms with van der Waals surface area (Å²) in [4.78, 5) is 22.6. The second-order valence-corrected chi connectivity index (χ2v) is 6.11. The first-order chi connectivity index (χ1) is 9.61. The van der Waals surface area contributed by atoms with Gasteiger partial charge in [0.15, 0.2) is 0 Å². The van der Waals surface area contributed by atoms with Crippen molar-refractivity contribution in [1.29, 1.82) is 0 Å². The summed E-state index contributed by atoms with van der Waals surface area (Å²) in [5.41, 5.74) is 0.00556. The second kappa shape index (κ2) is 6.74. The van der Waals surface area contributed by atoms with Crippen LogP contribution in [0.2, 0.25) is 0 Å². The van der Waals surface area contributed by atoms with Crippen LogP contribution in [0.15, 0.2) is 24.3 Å². The Hall–Kier alpha value is -1.56. The van der Waals surface area contributed by atoms with Crippen molar-refractivity contribution < 1.29 is 9.72 Å². The van der Waals surface area contributed by atoms with Crippen LogP contribution < -0.4 is 5.32 Å². The molecular formula is C14H18N2O3S.